The molecular weight excluding hydrogens is 328 g/mol. The van der Waals surface area contributed by atoms with Gasteiger partial charge in [-0.1, -0.05) is 18.2 Å². The molecule has 1 unspecified atom stereocenters. The Hall–Kier alpha value is -2.76. The third-order valence-corrected chi connectivity index (χ3v) is 4.89. The number of fused-ring (bicyclic) bond motifs is 1. The summed E-state index contributed by atoms with van der Waals surface area (Å²) in [6.45, 7) is 2.59. The highest BCUT2D eigenvalue weighted by Crippen LogP contribution is 2.27. The topological polar surface area (TPSA) is 66.5 Å². The van der Waals surface area contributed by atoms with Gasteiger partial charge in [0.2, 0.25) is 0 Å². The van der Waals surface area contributed by atoms with Crippen molar-refractivity contribution in [1.82, 2.24) is 10.3 Å². The molecule has 6 heteroatoms. The van der Waals surface area contributed by atoms with Crippen LogP contribution >= 0.6 is 0 Å². The minimum Gasteiger partial charge on any atom is -0.488 e. The van der Waals surface area contributed by atoms with Crippen LogP contribution in [0.1, 0.15) is 24.8 Å². The Bertz CT molecular complexity index is 732. The maximum atomic E-state index is 12.1. The first-order valence-corrected chi connectivity index (χ1v) is 9.28. The molecule has 26 heavy (non-hydrogen) atoms. The molecule has 1 aromatic carbocycles. The van der Waals surface area contributed by atoms with Crippen molar-refractivity contribution in [2.45, 2.75) is 31.8 Å². The summed E-state index contributed by atoms with van der Waals surface area (Å²) in [5.74, 6) is 1.89. The molecule has 0 saturated carbocycles. The Morgan fingerprint density at radius 3 is 2.77 bits per heavy atom. The van der Waals surface area contributed by atoms with Crippen LogP contribution in [-0.2, 0) is 6.42 Å². The SMILES string of the molecule is O=C(NCC1Cc2ccccc2O1)Nc1ccc(N2CCCCC2)nc1. The Labute approximate surface area is 153 Å². The summed E-state index contributed by atoms with van der Waals surface area (Å²) in [5.41, 5.74) is 1.89. The summed E-state index contributed by atoms with van der Waals surface area (Å²) in [7, 11) is 0. The first kappa shape index (κ1) is 16.7. The number of anilines is 2. The molecule has 1 aromatic heterocycles. The summed E-state index contributed by atoms with van der Waals surface area (Å²) in [6, 6.07) is 11.6. The highest BCUT2D eigenvalue weighted by molar-refractivity contribution is 5.89. The summed E-state index contributed by atoms with van der Waals surface area (Å²) >= 11 is 0. The van der Waals surface area contributed by atoms with Crippen LogP contribution in [0.25, 0.3) is 0 Å². The van der Waals surface area contributed by atoms with Crippen LogP contribution in [0.2, 0.25) is 0 Å². The zero-order chi connectivity index (χ0) is 17.8. The third-order valence-electron chi connectivity index (χ3n) is 4.89. The average molecular weight is 352 g/mol. The van der Waals surface area contributed by atoms with Gasteiger partial charge >= 0.3 is 6.03 Å². The highest BCUT2D eigenvalue weighted by Gasteiger charge is 2.22. The fourth-order valence-corrected chi connectivity index (χ4v) is 3.52. The molecule has 2 amide bonds. The summed E-state index contributed by atoms with van der Waals surface area (Å²) < 4.78 is 5.83. The Morgan fingerprint density at radius 1 is 1.15 bits per heavy atom. The van der Waals surface area contributed by atoms with Crippen molar-refractivity contribution in [1.29, 1.82) is 0 Å². The number of piperidine rings is 1. The van der Waals surface area contributed by atoms with Crippen molar-refractivity contribution in [3.05, 3.63) is 48.2 Å². The van der Waals surface area contributed by atoms with E-state index in [1.807, 2.05) is 30.3 Å². The lowest BCUT2D eigenvalue weighted by Crippen LogP contribution is -2.37. The normalized spacial score (nSPS) is 18.8. The van der Waals surface area contributed by atoms with Crippen molar-refractivity contribution >= 4 is 17.5 Å². The molecule has 2 aromatic rings. The van der Waals surface area contributed by atoms with Crippen LogP contribution in [0.4, 0.5) is 16.3 Å². The molecule has 2 N–H and O–H groups in total. The molecule has 1 atom stereocenters. The number of pyridine rings is 1. The highest BCUT2D eigenvalue weighted by atomic mass is 16.5. The van der Waals surface area contributed by atoms with E-state index in [-0.39, 0.29) is 12.1 Å². The van der Waals surface area contributed by atoms with Crippen LogP contribution < -0.4 is 20.3 Å². The van der Waals surface area contributed by atoms with Gasteiger partial charge in [0.05, 0.1) is 18.4 Å². The molecule has 136 valence electrons. The van der Waals surface area contributed by atoms with Crippen LogP contribution in [0.5, 0.6) is 5.75 Å². The minimum atomic E-state index is -0.239. The first-order chi connectivity index (χ1) is 12.8. The number of para-hydroxylation sites is 1. The van der Waals surface area contributed by atoms with Crippen molar-refractivity contribution < 1.29 is 9.53 Å². The number of hydrogen-bond donors (Lipinski definition) is 2. The number of nitrogens with one attached hydrogen (secondary N) is 2. The van der Waals surface area contributed by atoms with Gasteiger partial charge < -0.3 is 20.3 Å². The van der Waals surface area contributed by atoms with E-state index in [9.17, 15) is 4.79 Å². The zero-order valence-corrected chi connectivity index (χ0v) is 14.8. The molecule has 0 bridgehead atoms. The van der Waals surface area contributed by atoms with Gasteiger partial charge in [0.15, 0.2) is 0 Å². The number of urea groups is 1. The lowest BCUT2D eigenvalue weighted by atomic mass is 10.1. The van der Waals surface area contributed by atoms with Crippen molar-refractivity contribution in [2.75, 3.05) is 29.9 Å². The molecule has 2 aliphatic heterocycles. The standard InChI is InChI=1S/C20H24N4O2/c25-20(22-14-17-12-15-6-2-3-7-18(15)26-17)23-16-8-9-19(21-13-16)24-10-4-1-5-11-24/h2-3,6-9,13,17H,1,4-5,10-12,14H2,(H2,22,23,25). The predicted molar refractivity (Wildman–Crippen MR) is 102 cm³/mol. The molecule has 3 heterocycles. The Kier molecular flexibility index (Phi) is 4.91. The van der Waals surface area contributed by atoms with Crippen LogP contribution in [0.15, 0.2) is 42.6 Å². The van der Waals surface area contributed by atoms with Gasteiger partial charge in [-0.25, -0.2) is 9.78 Å². The van der Waals surface area contributed by atoms with E-state index in [2.05, 4.69) is 26.6 Å². The Morgan fingerprint density at radius 2 is 2.00 bits per heavy atom. The second-order valence-corrected chi connectivity index (χ2v) is 6.84. The molecular formula is C20H24N4O2. The molecule has 0 spiro atoms. The predicted octanol–water partition coefficient (Wildman–Crippen LogP) is 3.20. The summed E-state index contributed by atoms with van der Waals surface area (Å²) in [4.78, 5) is 18.9. The van der Waals surface area contributed by atoms with Crippen molar-refractivity contribution in [3.63, 3.8) is 0 Å². The van der Waals surface area contributed by atoms with Gasteiger partial charge in [-0.15, -0.1) is 0 Å². The number of ether oxygens (including phenoxy) is 1. The van der Waals surface area contributed by atoms with Crippen LogP contribution in [0, 0.1) is 0 Å². The Balaban J connectivity index is 1.25. The lowest BCUT2D eigenvalue weighted by molar-refractivity contribution is 0.219. The smallest absolute Gasteiger partial charge is 0.319 e. The number of rotatable bonds is 4. The monoisotopic (exact) mass is 352 g/mol. The lowest BCUT2D eigenvalue weighted by Gasteiger charge is -2.27. The second kappa shape index (κ2) is 7.64. The molecule has 0 aliphatic carbocycles. The average Bonchev–Trinajstić information content (AvgIpc) is 3.11. The van der Waals surface area contributed by atoms with E-state index >= 15 is 0 Å². The van der Waals surface area contributed by atoms with E-state index in [1.54, 1.807) is 6.20 Å². The van der Waals surface area contributed by atoms with Crippen LogP contribution in [-0.4, -0.2) is 36.8 Å². The molecule has 2 aliphatic rings. The molecule has 1 fully saturated rings. The molecule has 0 radical (unpaired) electrons. The minimum absolute atomic E-state index is 0.0160. The molecule has 6 nitrogen and oxygen atoms in total. The number of nitrogens with zero attached hydrogens (tertiary/aromatic N) is 2. The van der Waals surface area contributed by atoms with E-state index < -0.39 is 0 Å². The molecule has 4 rings (SSSR count). The maximum Gasteiger partial charge on any atom is 0.319 e. The first-order valence-electron chi connectivity index (χ1n) is 9.28. The van der Waals surface area contributed by atoms with Crippen LogP contribution in [0.3, 0.4) is 0 Å². The molecule has 1 saturated heterocycles. The van der Waals surface area contributed by atoms with E-state index in [0.29, 0.717) is 12.2 Å². The van der Waals surface area contributed by atoms with Crippen molar-refractivity contribution in [3.8, 4) is 5.75 Å². The number of amides is 2. The maximum absolute atomic E-state index is 12.1. The fourth-order valence-electron chi connectivity index (χ4n) is 3.52. The largest absolute Gasteiger partial charge is 0.488 e. The zero-order valence-electron chi connectivity index (χ0n) is 14.8. The van der Waals surface area contributed by atoms with Gasteiger partial charge in [-0.2, -0.15) is 0 Å². The van der Waals surface area contributed by atoms with Gasteiger partial charge in [-0.05, 0) is 43.0 Å². The number of hydrogen-bond acceptors (Lipinski definition) is 4. The quantitative estimate of drug-likeness (QED) is 0.887. The van der Waals surface area contributed by atoms with Gasteiger partial charge in [0.25, 0.3) is 0 Å². The number of benzene rings is 1. The van der Waals surface area contributed by atoms with Gasteiger partial charge in [-0.3, -0.25) is 0 Å². The van der Waals surface area contributed by atoms with E-state index in [0.717, 1.165) is 31.1 Å². The fraction of sp³-hybridized carbons (Fsp3) is 0.400. The number of carbonyl (C=O) groups is 1. The van der Waals surface area contributed by atoms with E-state index in [1.165, 1.54) is 24.8 Å². The van der Waals surface area contributed by atoms with Crippen molar-refractivity contribution in [2.24, 2.45) is 0 Å². The summed E-state index contributed by atoms with van der Waals surface area (Å²) in [6.07, 6.45) is 6.26. The summed E-state index contributed by atoms with van der Waals surface area (Å²) in [5, 5.41) is 5.70. The van der Waals surface area contributed by atoms with E-state index in [4.69, 9.17) is 4.74 Å². The van der Waals surface area contributed by atoms with Gasteiger partial charge in [0, 0.05) is 19.5 Å². The number of carbonyl (C=O) groups excluding carboxylic acids is 1. The third kappa shape index (κ3) is 3.90. The number of aromatic nitrogens is 1. The van der Waals surface area contributed by atoms with Gasteiger partial charge in [0.1, 0.15) is 17.7 Å². The second-order valence-electron chi connectivity index (χ2n) is 6.84.